The summed E-state index contributed by atoms with van der Waals surface area (Å²) in [5.41, 5.74) is 1.11. The molecule has 0 amide bonds. The van der Waals surface area contributed by atoms with E-state index in [4.69, 9.17) is 0 Å². The van der Waals surface area contributed by atoms with E-state index in [9.17, 15) is 5.11 Å². The second kappa shape index (κ2) is 6.18. The predicted octanol–water partition coefficient (Wildman–Crippen LogP) is 1.71. The lowest BCUT2D eigenvalue weighted by Gasteiger charge is -2.09. The van der Waals surface area contributed by atoms with Gasteiger partial charge in [0, 0.05) is 25.4 Å². The Labute approximate surface area is 95.9 Å². The van der Waals surface area contributed by atoms with Crippen molar-refractivity contribution < 1.29 is 5.11 Å². The Morgan fingerprint density at radius 3 is 2.73 bits per heavy atom. The summed E-state index contributed by atoms with van der Waals surface area (Å²) in [6.45, 7) is 4.39. The molecule has 1 N–H and O–H groups in total. The molecule has 1 aromatic rings. The van der Waals surface area contributed by atoms with Crippen LogP contribution in [-0.2, 0) is 13.5 Å². The molecule has 0 spiro atoms. The van der Waals surface area contributed by atoms with Crippen molar-refractivity contribution >= 4 is 11.8 Å². The van der Waals surface area contributed by atoms with Crippen LogP contribution in [-0.4, -0.2) is 32.5 Å². The maximum absolute atomic E-state index is 9.77. The number of aryl methyl sites for hydroxylation is 1. The van der Waals surface area contributed by atoms with E-state index in [0.717, 1.165) is 17.1 Å². The Morgan fingerprint density at radius 2 is 2.20 bits per heavy atom. The van der Waals surface area contributed by atoms with Crippen molar-refractivity contribution in [2.45, 2.75) is 26.4 Å². The number of nitrogens with zero attached hydrogens (tertiary/aromatic N) is 2. The molecular formula is C11H20N2OS. The molecule has 86 valence electrons. The Kier molecular flexibility index (Phi) is 5.19. The highest BCUT2D eigenvalue weighted by atomic mass is 32.2. The van der Waals surface area contributed by atoms with Crippen molar-refractivity contribution in [2.24, 2.45) is 13.0 Å². The Balaban J connectivity index is 2.21. The highest BCUT2D eigenvalue weighted by molar-refractivity contribution is 7.99. The first-order valence-electron chi connectivity index (χ1n) is 5.31. The highest BCUT2D eigenvalue weighted by Gasteiger charge is 2.07. The second-order valence-electron chi connectivity index (χ2n) is 4.31. The Morgan fingerprint density at radius 1 is 1.47 bits per heavy atom. The molecule has 0 radical (unpaired) electrons. The van der Waals surface area contributed by atoms with Crippen molar-refractivity contribution in [1.29, 1.82) is 0 Å². The first kappa shape index (κ1) is 12.6. The molecule has 1 unspecified atom stereocenters. The molecule has 0 aliphatic rings. The van der Waals surface area contributed by atoms with Crippen LogP contribution in [0, 0.1) is 5.92 Å². The first-order valence-corrected chi connectivity index (χ1v) is 6.46. The first-order chi connectivity index (χ1) is 7.08. The maximum Gasteiger partial charge on any atom is 0.0672 e. The second-order valence-corrected chi connectivity index (χ2v) is 5.39. The third-order valence-corrected chi connectivity index (χ3v) is 3.51. The number of rotatable bonds is 6. The fourth-order valence-corrected chi connectivity index (χ4v) is 2.35. The van der Waals surface area contributed by atoms with Crippen molar-refractivity contribution in [2.75, 3.05) is 11.5 Å². The van der Waals surface area contributed by atoms with Gasteiger partial charge in [-0.15, -0.1) is 0 Å². The summed E-state index contributed by atoms with van der Waals surface area (Å²) in [6, 6.07) is 0. The Bertz CT molecular complexity index is 286. The van der Waals surface area contributed by atoms with Gasteiger partial charge in [-0.25, -0.2) is 0 Å². The summed E-state index contributed by atoms with van der Waals surface area (Å²) < 4.78 is 1.77. The van der Waals surface area contributed by atoms with Crippen molar-refractivity contribution in [3.63, 3.8) is 0 Å². The summed E-state index contributed by atoms with van der Waals surface area (Å²) in [6.07, 6.45) is 4.23. The smallest absolute Gasteiger partial charge is 0.0672 e. The average Bonchev–Trinajstić information content (AvgIpc) is 2.50. The van der Waals surface area contributed by atoms with E-state index in [1.54, 1.807) is 4.68 Å². The van der Waals surface area contributed by atoms with Crippen molar-refractivity contribution in [3.05, 3.63) is 18.0 Å². The largest absolute Gasteiger partial charge is 0.392 e. The molecular weight excluding hydrogens is 208 g/mol. The van der Waals surface area contributed by atoms with Crippen LogP contribution in [0.25, 0.3) is 0 Å². The van der Waals surface area contributed by atoms with E-state index < -0.39 is 0 Å². The minimum Gasteiger partial charge on any atom is -0.392 e. The molecule has 1 atom stereocenters. The number of thioether (sulfide) groups is 1. The van der Waals surface area contributed by atoms with Crippen LogP contribution >= 0.6 is 11.8 Å². The summed E-state index contributed by atoms with van der Waals surface area (Å²) in [4.78, 5) is 0. The zero-order valence-electron chi connectivity index (χ0n) is 9.68. The monoisotopic (exact) mass is 228 g/mol. The minimum absolute atomic E-state index is 0.252. The lowest BCUT2D eigenvalue weighted by atomic mass is 10.2. The molecule has 0 aromatic carbocycles. The molecule has 0 fully saturated rings. The van der Waals surface area contributed by atoms with Crippen molar-refractivity contribution in [1.82, 2.24) is 9.78 Å². The van der Waals surface area contributed by atoms with E-state index in [0.29, 0.717) is 12.3 Å². The SMILES string of the molecule is CC(C)CSCC(O)Cc1cnn(C)c1. The van der Waals surface area contributed by atoms with Crippen LogP contribution < -0.4 is 0 Å². The number of hydrogen-bond acceptors (Lipinski definition) is 3. The minimum atomic E-state index is -0.252. The summed E-state index contributed by atoms with van der Waals surface area (Å²) >= 11 is 1.82. The molecule has 1 rings (SSSR count). The van der Waals surface area contributed by atoms with Crippen LogP contribution in [0.1, 0.15) is 19.4 Å². The van der Waals surface area contributed by atoms with Crippen LogP contribution in [0.3, 0.4) is 0 Å². The molecule has 4 heteroatoms. The molecule has 15 heavy (non-hydrogen) atoms. The van der Waals surface area contributed by atoms with E-state index in [1.165, 1.54) is 0 Å². The van der Waals surface area contributed by atoms with E-state index in [-0.39, 0.29) is 6.10 Å². The quantitative estimate of drug-likeness (QED) is 0.805. The van der Waals surface area contributed by atoms with Gasteiger partial charge in [0.15, 0.2) is 0 Å². The zero-order valence-corrected chi connectivity index (χ0v) is 10.5. The van der Waals surface area contributed by atoms with E-state index in [2.05, 4.69) is 18.9 Å². The summed E-state index contributed by atoms with van der Waals surface area (Å²) in [5, 5.41) is 13.8. The number of aliphatic hydroxyl groups excluding tert-OH is 1. The topological polar surface area (TPSA) is 38.1 Å². The fourth-order valence-electron chi connectivity index (χ4n) is 1.35. The zero-order chi connectivity index (χ0) is 11.3. The molecule has 1 aromatic heterocycles. The van der Waals surface area contributed by atoms with Gasteiger partial charge in [-0.1, -0.05) is 13.8 Å². The van der Waals surface area contributed by atoms with Gasteiger partial charge in [0.1, 0.15) is 0 Å². The average molecular weight is 228 g/mol. The molecule has 0 saturated carbocycles. The molecule has 0 saturated heterocycles. The van der Waals surface area contributed by atoms with Gasteiger partial charge in [-0.05, 0) is 17.2 Å². The Hall–Kier alpha value is -0.480. The van der Waals surface area contributed by atoms with Gasteiger partial charge >= 0.3 is 0 Å². The number of aliphatic hydroxyl groups is 1. The molecule has 0 aliphatic heterocycles. The number of aromatic nitrogens is 2. The van der Waals surface area contributed by atoms with Gasteiger partial charge in [0.25, 0.3) is 0 Å². The van der Waals surface area contributed by atoms with Crippen LogP contribution in [0.5, 0.6) is 0 Å². The van der Waals surface area contributed by atoms with Gasteiger partial charge in [-0.2, -0.15) is 16.9 Å². The third-order valence-electron chi connectivity index (χ3n) is 1.99. The van der Waals surface area contributed by atoms with Crippen LogP contribution in [0.2, 0.25) is 0 Å². The maximum atomic E-state index is 9.77. The standard InChI is InChI=1S/C11H20N2OS/c1-9(2)7-15-8-11(14)4-10-5-12-13(3)6-10/h5-6,9,11,14H,4,7-8H2,1-3H3. The van der Waals surface area contributed by atoms with Crippen LogP contribution in [0.15, 0.2) is 12.4 Å². The van der Waals surface area contributed by atoms with E-state index in [1.807, 2.05) is 31.2 Å². The molecule has 0 aliphatic carbocycles. The third kappa shape index (κ3) is 5.23. The molecule has 0 bridgehead atoms. The highest BCUT2D eigenvalue weighted by Crippen LogP contribution is 2.11. The van der Waals surface area contributed by atoms with Gasteiger partial charge in [-0.3, -0.25) is 4.68 Å². The van der Waals surface area contributed by atoms with E-state index >= 15 is 0 Å². The van der Waals surface area contributed by atoms with Gasteiger partial charge < -0.3 is 5.11 Å². The fraction of sp³-hybridized carbons (Fsp3) is 0.727. The van der Waals surface area contributed by atoms with Crippen LogP contribution in [0.4, 0.5) is 0 Å². The molecule has 3 nitrogen and oxygen atoms in total. The van der Waals surface area contributed by atoms with Gasteiger partial charge in [0.05, 0.1) is 12.3 Å². The lowest BCUT2D eigenvalue weighted by Crippen LogP contribution is -2.14. The van der Waals surface area contributed by atoms with Crippen molar-refractivity contribution in [3.8, 4) is 0 Å². The predicted molar refractivity (Wildman–Crippen MR) is 65.1 cm³/mol. The molecule has 1 heterocycles. The summed E-state index contributed by atoms with van der Waals surface area (Å²) in [5.74, 6) is 2.62. The normalized spacial score (nSPS) is 13.4. The summed E-state index contributed by atoms with van der Waals surface area (Å²) in [7, 11) is 1.89. The lowest BCUT2D eigenvalue weighted by molar-refractivity contribution is 0.200. The number of hydrogen-bond donors (Lipinski definition) is 1. The van der Waals surface area contributed by atoms with Gasteiger partial charge in [0.2, 0.25) is 0 Å².